The van der Waals surface area contributed by atoms with Crippen LogP contribution in [0.15, 0.2) is 17.3 Å². The fraction of sp³-hybridized carbons (Fsp3) is 0.750. The molecule has 2 aromatic heterocycles. The quantitative estimate of drug-likeness (QED) is 0.717. The normalized spacial score (nSPS) is 27.9. The van der Waals surface area contributed by atoms with E-state index in [-0.39, 0.29) is 5.54 Å². The Balaban J connectivity index is 1.04. The van der Waals surface area contributed by atoms with Gasteiger partial charge >= 0.3 is 0 Å². The molecule has 7 heteroatoms. The number of nitrogens with one attached hydrogen (secondary N) is 1. The minimum atomic E-state index is 0.188. The van der Waals surface area contributed by atoms with Crippen LogP contribution in [0.4, 0.5) is 5.95 Å². The summed E-state index contributed by atoms with van der Waals surface area (Å²) >= 11 is 0. The van der Waals surface area contributed by atoms with E-state index in [1.807, 2.05) is 6.20 Å². The molecule has 2 aliphatic heterocycles. The Labute approximate surface area is 209 Å². The molecule has 1 saturated heterocycles. The highest BCUT2D eigenvalue weighted by atomic mass is 15.3. The molecule has 1 N–H and O–H groups in total. The standard InChI is InChI=1S/C28H41N7/c1-2-10-28(11-3-1)20-29-18-25-16-22-17-30-27(32-26(22)35(25)28)31-23-6-8-24(9-7-23)34-14-12-33(13-15-34)19-21-4-5-21/h16-17,21,24,29H,1-15,18-20H2. The van der Waals surface area contributed by atoms with Crippen LogP contribution >= 0.6 is 0 Å². The molecule has 3 aliphatic carbocycles. The molecule has 7 nitrogen and oxygen atoms in total. The van der Waals surface area contributed by atoms with Crippen LogP contribution < -0.4 is 5.32 Å². The van der Waals surface area contributed by atoms with Gasteiger partial charge < -0.3 is 14.8 Å². The fourth-order valence-corrected chi connectivity index (χ4v) is 7.39. The maximum absolute atomic E-state index is 5.06. The van der Waals surface area contributed by atoms with Crippen LogP contribution in [0.2, 0.25) is 0 Å². The minimum Gasteiger partial charge on any atom is -0.321 e. The largest absolute Gasteiger partial charge is 0.321 e. The average molecular weight is 476 g/mol. The van der Waals surface area contributed by atoms with Crippen molar-refractivity contribution < 1.29 is 0 Å². The van der Waals surface area contributed by atoms with E-state index in [1.165, 1.54) is 107 Å². The first-order valence-corrected chi connectivity index (χ1v) is 14.4. The van der Waals surface area contributed by atoms with Gasteiger partial charge in [-0.3, -0.25) is 4.90 Å². The number of aromatic nitrogens is 3. The molecule has 4 heterocycles. The van der Waals surface area contributed by atoms with Crippen LogP contribution in [0.3, 0.4) is 0 Å². The summed E-state index contributed by atoms with van der Waals surface area (Å²) in [5.41, 5.74) is 3.96. The Morgan fingerprint density at radius 2 is 1.80 bits per heavy atom. The third-order valence-corrected chi connectivity index (χ3v) is 9.55. The Kier molecular flexibility index (Phi) is 5.90. The third-order valence-electron chi connectivity index (χ3n) is 9.55. The van der Waals surface area contributed by atoms with E-state index in [9.17, 15) is 0 Å². The average Bonchev–Trinajstić information content (AvgIpc) is 3.63. The number of aliphatic imine (C=N–C) groups is 1. The maximum atomic E-state index is 5.06. The second-order valence-corrected chi connectivity index (χ2v) is 12.0. The number of hydrogen-bond donors (Lipinski definition) is 1. The van der Waals surface area contributed by atoms with Gasteiger partial charge in [0.2, 0.25) is 0 Å². The number of piperazine rings is 1. The zero-order valence-electron chi connectivity index (χ0n) is 21.2. The third kappa shape index (κ3) is 4.44. The summed E-state index contributed by atoms with van der Waals surface area (Å²) in [6.45, 7) is 8.37. The molecule has 5 aliphatic rings. The SMILES string of the molecule is c1nc(N=C2CCC(N3CCN(CC4CC4)CC3)CC2)nc2c1cc1n2C2(CCCCC2)CNC1. The summed E-state index contributed by atoms with van der Waals surface area (Å²) in [6, 6.07) is 3.03. The molecule has 0 bridgehead atoms. The van der Waals surface area contributed by atoms with Gasteiger partial charge in [0, 0.05) is 74.8 Å². The van der Waals surface area contributed by atoms with E-state index in [0.29, 0.717) is 5.95 Å². The Morgan fingerprint density at radius 3 is 2.57 bits per heavy atom. The molecule has 2 aromatic rings. The van der Waals surface area contributed by atoms with Gasteiger partial charge in [-0.15, -0.1) is 0 Å². The first-order valence-electron chi connectivity index (χ1n) is 14.4. The van der Waals surface area contributed by atoms with Gasteiger partial charge in [0.1, 0.15) is 5.65 Å². The summed E-state index contributed by atoms with van der Waals surface area (Å²) < 4.78 is 2.57. The molecule has 0 aromatic carbocycles. The first-order chi connectivity index (χ1) is 17.3. The predicted octanol–water partition coefficient (Wildman–Crippen LogP) is 4.24. The van der Waals surface area contributed by atoms with Crippen LogP contribution in [0.25, 0.3) is 11.0 Å². The highest BCUT2D eigenvalue weighted by Gasteiger charge is 2.39. The lowest BCUT2D eigenvalue weighted by atomic mass is 9.80. The zero-order valence-corrected chi connectivity index (χ0v) is 21.2. The Morgan fingerprint density at radius 1 is 1.00 bits per heavy atom. The van der Waals surface area contributed by atoms with Crippen molar-refractivity contribution in [2.45, 2.75) is 88.8 Å². The zero-order chi connectivity index (χ0) is 23.2. The monoisotopic (exact) mass is 475 g/mol. The summed E-state index contributed by atoms with van der Waals surface area (Å²) in [6.07, 6.45) is 16.1. The van der Waals surface area contributed by atoms with Crippen molar-refractivity contribution in [3.63, 3.8) is 0 Å². The molecule has 7 rings (SSSR count). The van der Waals surface area contributed by atoms with Crippen molar-refractivity contribution in [2.24, 2.45) is 10.9 Å². The van der Waals surface area contributed by atoms with Crippen molar-refractivity contribution in [1.29, 1.82) is 0 Å². The van der Waals surface area contributed by atoms with Crippen LogP contribution in [0, 0.1) is 5.92 Å². The Bertz CT molecular complexity index is 1080. The number of fused-ring (bicyclic) bond motifs is 4. The topological polar surface area (TPSA) is 61.6 Å². The molecule has 4 fully saturated rings. The van der Waals surface area contributed by atoms with E-state index in [2.05, 4.69) is 30.7 Å². The number of hydrogen-bond acceptors (Lipinski definition) is 6. The van der Waals surface area contributed by atoms with Crippen molar-refractivity contribution in [2.75, 3.05) is 39.3 Å². The lowest BCUT2D eigenvalue weighted by Crippen LogP contribution is -2.51. The Hall–Kier alpha value is -1.83. The molecule has 0 radical (unpaired) electrons. The van der Waals surface area contributed by atoms with Gasteiger partial charge in [-0.2, -0.15) is 4.98 Å². The molecule has 3 saturated carbocycles. The summed E-state index contributed by atoms with van der Waals surface area (Å²) in [5, 5.41) is 4.85. The van der Waals surface area contributed by atoms with Gasteiger partial charge in [-0.05, 0) is 63.4 Å². The van der Waals surface area contributed by atoms with Gasteiger partial charge in [-0.25, -0.2) is 9.98 Å². The highest BCUT2D eigenvalue weighted by Crippen LogP contribution is 2.40. The van der Waals surface area contributed by atoms with Crippen molar-refractivity contribution in [3.8, 4) is 0 Å². The van der Waals surface area contributed by atoms with Gasteiger partial charge in [-0.1, -0.05) is 19.3 Å². The molecule has 35 heavy (non-hydrogen) atoms. The van der Waals surface area contributed by atoms with Crippen molar-refractivity contribution in [3.05, 3.63) is 18.0 Å². The fourth-order valence-electron chi connectivity index (χ4n) is 7.39. The summed E-state index contributed by atoms with van der Waals surface area (Å²) in [7, 11) is 0. The van der Waals surface area contributed by atoms with Gasteiger partial charge in [0.25, 0.3) is 5.95 Å². The first kappa shape index (κ1) is 22.4. The van der Waals surface area contributed by atoms with E-state index in [4.69, 9.17) is 9.98 Å². The highest BCUT2D eigenvalue weighted by molar-refractivity contribution is 5.87. The smallest absolute Gasteiger partial charge is 0.251 e. The van der Waals surface area contributed by atoms with Crippen LogP contribution in [-0.4, -0.2) is 75.4 Å². The molecular formula is C28H41N7. The molecule has 0 atom stereocenters. The lowest BCUT2D eigenvalue weighted by molar-refractivity contribution is 0.0847. The predicted molar refractivity (Wildman–Crippen MR) is 140 cm³/mol. The maximum Gasteiger partial charge on any atom is 0.251 e. The second kappa shape index (κ2) is 9.24. The van der Waals surface area contributed by atoms with E-state index >= 15 is 0 Å². The second-order valence-electron chi connectivity index (χ2n) is 12.0. The van der Waals surface area contributed by atoms with E-state index < -0.39 is 0 Å². The molecule has 0 amide bonds. The van der Waals surface area contributed by atoms with E-state index in [0.717, 1.165) is 43.5 Å². The summed E-state index contributed by atoms with van der Waals surface area (Å²) in [4.78, 5) is 20.2. The van der Waals surface area contributed by atoms with Crippen LogP contribution in [0.1, 0.15) is 76.3 Å². The van der Waals surface area contributed by atoms with Gasteiger partial charge in [0.05, 0.1) is 5.54 Å². The number of nitrogens with zero attached hydrogens (tertiary/aromatic N) is 6. The van der Waals surface area contributed by atoms with Crippen LogP contribution in [0.5, 0.6) is 0 Å². The molecule has 1 spiro atoms. The molecule has 188 valence electrons. The van der Waals surface area contributed by atoms with Crippen molar-refractivity contribution >= 4 is 22.7 Å². The minimum absolute atomic E-state index is 0.188. The summed E-state index contributed by atoms with van der Waals surface area (Å²) in [5.74, 6) is 1.68. The number of rotatable bonds is 4. The van der Waals surface area contributed by atoms with Gasteiger partial charge in [0.15, 0.2) is 0 Å². The molecular weight excluding hydrogens is 434 g/mol. The van der Waals surface area contributed by atoms with E-state index in [1.54, 1.807) is 0 Å². The van der Waals surface area contributed by atoms with Crippen molar-refractivity contribution in [1.82, 2.24) is 29.7 Å². The van der Waals surface area contributed by atoms with Crippen LogP contribution in [-0.2, 0) is 12.1 Å². The molecule has 0 unspecified atom stereocenters. The lowest BCUT2D eigenvalue weighted by Gasteiger charge is -2.43.